The number of phenols is 2. The van der Waals surface area contributed by atoms with Crippen molar-refractivity contribution in [3.8, 4) is 11.5 Å². The van der Waals surface area contributed by atoms with Crippen molar-refractivity contribution in [1.82, 2.24) is 0 Å². The predicted octanol–water partition coefficient (Wildman–Crippen LogP) is 6.15. The van der Waals surface area contributed by atoms with Crippen molar-refractivity contribution in [2.75, 3.05) is 11.5 Å². The van der Waals surface area contributed by atoms with Gasteiger partial charge in [-0.1, -0.05) is 64.1 Å². The highest BCUT2D eigenvalue weighted by Gasteiger charge is 2.31. The van der Waals surface area contributed by atoms with E-state index in [-0.39, 0.29) is 22.3 Å². The molecule has 0 bridgehead atoms. The van der Waals surface area contributed by atoms with E-state index in [1.54, 1.807) is 0 Å². The van der Waals surface area contributed by atoms with E-state index < -0.39 is 0 Å². The topological polar surface area (TPSA) is 92.5 Å². The summed E-state index contributed by atoms with van der Waals surface area (Å²) in [5, 5.41) is 20.5. The summed E-state index contributed by atoms with van der Waals surface area (Å²) in [6.07, 6.45) is 0. The lowest BCUT2D eigenvalue weighted by Crippen LogP contribution is -2.25. The van der Waals surface area contributed by atoms with Crippen LogP contribution in [0, 0.1) is 27.7 Å². The molecule has 6 N–H and O–H groups in total. The van der Waals surface area contributed by atoms with Gasteiger partial charge in [-0.05, 0) is 72.2 Å². The van der Waals surface area contributed by atoms with E-state index in [0.29, 0.717) is 11.4 Å². The molecule has 3 aromatic carbocycles. The normalized spacial score (nSPS) is 12.2. The average Bonchev–Trinajstić information content (AvgIpc) is 2.75. The van der Waals surface area contributed by atoms with Crippen molar-refractivity contribution >= 4 is 11.4 Å². The second-order valence-electron chi connectivity index (χ2n) is 10.1. The Labute approximate surface area is 191 Å². The molecule has 3 aromatic rings. The molecule has 0 aliphatic heterocycles. The van der Waals surface area contributed by atoms with E-state index in [1.807, 2.05) is 39.8 Å². The number of aromatic hydroxyl groups is 2. The van der Waals surface area contributed by atoms with Gasteiger partial charge in [-0.15, -0.1) is 0 Å². The molecule has 0 aliphatic carbocycles. The Kier molecular flexibility index (Phi) is 5.71. The Hall–Kier alpha value is -3.14. The maximum Gasteiger partial charge on any atom is 0.141 e. The van der Waals surface area contributed by atoms with Gasteiger partial charge in [-0.2, -0.15) is 0 Å². The van der Waals surface area contributed by atoms with Crippen LogP contribution in [0.3, 0.4) is 0 Å². The van der Waals surface area contributed by atoms with Crippen LogP contribution in [0.25, 0.3) is 0 Å². The summed E-state index contributed by atoms with van der Waals surface area (Å²) in [7, 11) is 0. The minimum Gasteiger partial charge on any atom is -0.506 e. The maximum atomic E-state index is 10.3. The van der Waals surface area contributed by atoms with E-state index >= 15 is 0 Å². The minimum absolute atomic E-state index is 0.160. The third-order valence-corrected chi connectivity index (χ3v) is 7.25. The van der Waals surface area contributed by atoms with Crippen LogP contribution >= 0.6 is 0 Å². The van der Waals surface area contributed by atoms with Gasteiger partial charge in [0.1, 0.15) is 11.5 Å². The summed E-state index contributed by atoms with van der Waals surface area (Å²) in [6.45, 7) is 16.4. The Morgan fingerprint density at radius 1 is 0.625 bits per heavy atom. The Morgan fingerprint density at radius 2 is 0.969 bits per heavy atom. The van der Waals surface area contributed by atoms with Gasteiger partial charge >= 0.3 is 0 Å². The second-order valence-corrected chi connectivity index (χ2v) is 10.1. The first-order chi connectivity index (χ1) is 14.7. The van der Waals surface area contributed by atoms with Gasteiger partial charge in [0.25, 0.3) is 0 Å². The summed E-state index contributed by atoms with van der Waals surface area (Å²) in [5.41, 5.74) is 20.5. The average molecular weight is 433 g/mol. The van der Waals surface area contributed by atoms with Gasteiger partial charge < -0.3 is 21.7 Å². The number of phenolic OH excluding ortho intramolecular Hbond substituents is 2. The number of rotatable bonds is 4. The third-order valence-electron chi connectivity index (χ3n) is 7.25. The SMILES string of the molecule is Cc1cc(C(C)(C)c2cccc(C(C)(C)c3cc(C)c(O)c(N)c3C)c2)c(C)c(N)c1O. The van der Waals surface area contributed by atoms with Crippen molar-refractivity contribution in [2.45, 2.75) is 66.2 Å². The van der Waals surface area contributed by atoms with Gasteiger partial charge in [0.2, 0.25) is 0 Å². The molecule has 0 heterocycles. The van der Waals surface area contributed by atoms with Crippen molar-refractivity contribution in [1.29, 1.82) is 0 Å². The molecule has 0 saturated carbocycles. The van der Waals surface area contributed by atoms with Crippen molar-refractivity contribution in [3.05, 3.63) is 80.9 Å². The van der Waals surface area contributed by atoms with Crippen LogP contribution in [0.1, 0.15) is 72.2 Å². The molecule has 0 aliphatic rings. The van der Waals surface area contributed by atoms with Crippen molar-refractivity contribution in [3.63, 3.8) is 0 Å². The van der Waals surface area contributed by atoms with Crippen LogP contribution in [0.2, 0.25) is 0 Å². The van der Waals surface area contributed by atoms with Crippen LogP contribution in [0.5, 0.6) is 11.5 Å². The molecule has 0 radical (unpaired) electrons. The fourth-order valence-corrected chi connectivity index (χ4v) is 4.76. The first-order valence-corrected chi connectivity index (χ1v) is 11.0. The molecule has 0 amide bonds. The Morgan fingerprint density at radius 3 is 1.31 bits per heavy atom. The first-order valence-electron chi connectivity index (χ1n) is 11.0. The number of hydrogen-bond acceptors (Lipinski definition) is 4. The molecule has 4 heteroatoms. The Bertz CT molecular complexity index is 1120. The Balaban J connectivity index is 2.17. The highest BCUT2D eigenvalue weighted by Crippen LogP contribution is 2.43. The van der Waals surface area contributed by atoms with E-state index in [9.17, 15) is 10.2 Å². The van der Waals surface area contributed by atoms with Gasteiger partial charge in [-0.25, -0.2) is 0 Å². The van der Waals surface area contributed by atoms with Crippen LogP contribution in [0.4, 0.5) is 11.4 Å². The molecule has 0 spiro atoms. The predicted molar refractivity (Wildman–Crippen MR) is 135 cm³/mol. The fraction of sp³-hybridized carbons (Fsp3) is 0.357. The van der Waals surface area contributed by atoms with Gasteiger partial charge in [0, 0.05) is 10.8 Å². The molecule has 3 rings (SSSR count). The van der Waals surface area contributed by atoms with Crippen molar-refractivity contribution < 1.29 is 10.2 Å². The number of nitrogen functional groups attached to an aromatic ring is 2. The molecule has 0 atom stereocenters. The van der Waals surface area contributed by atoms with Gasteiger partial charge in [0.05, 0.1) is 11.4 Å². The minimum atomic E-state index is -0.318. The zero-order valence-electron chi connectivity index (χ0n) is 20.5. The summed E-state index contributed by atoms with van der Waals surface area (Å²) in [6, 6.07) is 12.7. The smallest absolute Gasteiger partial charge is 0.141 e. The molecular weight excluding hydrogens is 396 g/mol. The molecule has 4 nitrogen and oxygen atoms in total. The van der Waals surface area contributed by atoms with E-state index in [1.165, 1.54) is 0 Å². The van der Waals surface area contributed by atoms with E-state index in [2.05, 4.69) is 52.0 Å². The van der Waals surface area contributed by atoms with Crippen LogP contribution in [0.15, 0.2) is 36.4 Å². The summed E-state index contributed by atoms with van der Waals surface area (Å²) >= 11 is 0. The molecule has 0 saturated heterocycles. The largest absolute Gasteiger partial charge is 0.506 e. The van der Waals surface area contributed by atoms with Crippen LogP contribution < -0.4 is 11.5 Å². The number of anilines is 2. The molecule has 0 unspecified atom stereocenters. The maximum absolute atomic E-state index is 10.3. The number of hydrogen-bond donors (Lipinski definition) is 4. The van der Waals surface area contributed by atoms with Crippen molar-refractivity contribution in [2.24, 2.45) is 0 Å². The third kappa shape index (κ3) is 3.58. The lowest BCUT2D eigenvalue weighted by Gasteiger charge is -2.33. The number of aryl methyl sites for hydroxylation is 2. The molecule has 170 valence electrons. The molecule has 0 aromatic heterocycles. The summed E-state index contributed by atoms with van der Waals surface area (Å²) in [4.78, 5) is 0. The first kappa shape index (κ1) is 23.5. The monoisotopic (exact) mass is 432 g/mol. The van der Waals surface area contributed by atoms with Gasteiger partial charge in [0.15, 0.2) is 0 Å². The second kappa shape index (κ2) is 7.77. The standard InChI is InChI=1S/C28H36N2O2/c1-15-12-21(17(3)23(29)25(15)31)27(5,6)19-10-9-11-20(14-19)28(7,8)22-13-16(2)26(32)24(30)18(22)4/h9-14,31-32H,29-30H2,1-8H3. The van der Waals surface area contributed by atoms with Crippen LogP contribution in [-0.2, 0) is 10.8 Å². The zero-order chi connectivity index (χ0) is 24.2. The molecular formula is C28H36N2O2. The zero-order valence-corrected chi connectivity index (χ0v) is 20.5. The lowest BCUT2D eigenvalue weighted by atomic mass is 9.71. The highest BCUT2D eigenvalue weighted by atomic mass is 16.3. The fourth-order valence-electron chi connectivity index (χ4n) is 4.76. The summed E-state index contributed by atoms with van der Waals surface area (Å²) < 4.78 is 0. The van der Waals surface area contributed by atoms with E-state index in [0.717, 1.165) is 44.5 Å². The molecule has 32 heavy (non-hydrogen) atoms. The quantitative estimate of drug-likeness (QED) is 0.294. The number of benzene rings is 3. The highest BCUT2D eigenvalue weighted by molar-refractivity contribution is 5.67. The van der Waals surface area contributed by atoms with E-state index in [4.69, 9.17) is 11.5 Å². The lowest BCUT2D eigenvalue weighted by molar-refractivity contribution is 0.472. The van der Waals surface area contributed by atoms with Gasteiger partial charge in [-0.3, -0.25) is 0 Å². The number of nitrogens with two attached hydrogens (primary N) is 2. The van der Waals surface area contributed by atoms with Crippen LogP contribution in [-0.4, -0.2) is 10.2 Å². The summed E-state index contributed by atoms with van der Waals surface area (Å²) in [5.74, 6) is 0.320. The molecule has 0 fully saturated rings.